The van der Waals surface area contributed by atoms with Crippen molar-refractivity contribution in [2.75, 3.05) is 19.8 Å². The molecule has 0 amide bonds. The fourth-order valence-electron chi connectivity index (χ4n) is 7.94. The van der Waals surface area contributed by atoms with Crippen LogP contribution < -0.4 is 10.9 Å². The zero-order chi connectivity index (χ0) is 26.0. The molecule has 0 bridgehead atoms. The van der Waals surface area contributed by atoms with Gasteiger partial charge in [-0.15, -0.1) is 0 Å². The first-order chi connectivity index (χ1) is 18.7. The average Bonchev–Trinajstić information content (AvgIpc) is 3.55. The first kappa shape index (κ1) is 26.7. The van der Waals surface area contributed by atoms with Crippen LogP contribution in [0.1, 0.15) is 108 Å². The Morgan fingerprint density at radius 3 is 1.92 bits per heavy atom. The molecule has 4 aliphatic rings. The van der Waals surface area contributed by atoms with Gasteiger partial charge in [0.15, 0.2) is 0 Å². The second-order valence-electron chi connectivity index (χ2n) is 12.5. The lowest BCUT2D eigenvalue weighted by molar-refractivity contribution is 0.163. The van der Waals surface area contributed by atoms with Crippen LogP contribution in [0.2, 0.25) is 5.82 Å². The SMILES string of the molecule is CCCCCCC1(CCCCCC)c2cc(B3OCCO3)ccc2-c2ccc(B3OCCC4CCC34)cc21. The van der Waals surface area contributed by atoms with E-state index in [2.05, 4.69) is 50.2 Å². The summed E-state index contributed by atoms with van der Waals surface area (Å²) in [6, 6.07) is 14.5. The van der Waals surface area contributed by atoms with Gasteiger partial charge in [-0.05, 0) is 64.2 Å². The summed E-state index contributed by atoms with van der Waals surface area (Å²) in [5.74, 6) is 1.60. The van der Waals surface area contributed by atoms with Crippen molar-refractivity contribution < 1.29 is 14.0 Å². The van der Waals surface area contributed by atoms with Crippen molar-refractivity contribution >= 4 is 25.0 Å². The monoisotopic (exact) mass is 512 g/mol. The van der Waals surface area contributed by atoms with E-state index in [1.54, 1.807) is 5.56 Å². The highest BCUT2D eigenvalue weighted by atomic mass is 16.6. The van der Waals surface area contributed by atoms with Crippen molar-refractivity contribution in [1.29, 1.82) is 0 Å². The molecule has 2 saturated heterocycles. The first-order valence-corrected chi connectivity index (χ1v) is 15.9. The first-order valence-electron chi connectivity index (χ1n) is 15.9. The van der Waals surface area contributed by atoms with Gasteiger partial charge in [0.1, 0.15) is 0 Å². The molecular formula is C33H46B2O3. The van der Waals surface area contributed by atoms with Crippen LogP contribution in [0.25, 0.3) is 11.1 Å². The Labute approximate surface area is 231 Å². The quantitative estimate of drug-likeness (QED) is 0.226. The highest BCUT2D eigenvalue weighted by molar-refractivity contribution is 6.69. The average molecular weight is 512 g/mol. The van der Waals surface area contributed by atoms with Gasteiger partial charge >= 0.3 is 14.0 Å². The standard InChI is InChI=1S/C33H46B2O3/c1-3-5-7-9-18-33(19-10-8-6-4-2)30-23-26(34-32-16-11-25(32)17-20-36-34)12-14-28(30)29-15-13-27(24-31(29)33)35-37-21-22-38-35/h12-15,23-25,32H,3-11,16-22H2,1-2H3. The van der Waals surface area contributed by atoms with E-state index in [4.69, 9.17) is 14.0 Å². The third kappa shape index (κ3) is 4.93. The minimum absolute atomic E-state index is 0.0739. The summed E-state index contributed by atoms with van der Waals surface area (Å²) in [6.45, 7) is 7.22. The highest BCUT2D eigenvalue weighted by Crippen LogP contribution is 2.54. The number of fused-ring (bicyclic) bond motifs is 4. The van der Waals surface area contributed by atoms with Crippen LogP contribution in [0.5, 0.6) is 0 Å². The van der Waals surface area contributed by atoms with Gasteiger partial charge in [0.25, 0.3) is 0 Å². The molecule has 0 spiro atoms. The molecule has 0 N–H and O–H groups in total. The van der Waals surface area contributed by atoms with Crippen molar-refractivity contribution in [1.82, 2.24) is 0 Å². The molecule has 38 heavy (non-hydrogen) atoms. The Balaban J connectivity index is 1.41. The van der Waals surface area contributed by atoms with Gasteiger partial charge in [-0.3, -0.25) is 0 Å². The molecule has 3 fully saturated rings. The Bertz CT molecular complexity index is 1080. The summed E-state index contributed by atoms with van der Waals surface area (Å²) in [6.07, 6.45) is 16.9. The van der Waals surface area contributed by atoms with Crippen LogP contribution in [0, 0.1) is 5.92 Å². The maximum absolute atomic E-state index is 6.48. The number of rotatable bonds is 12. The van der Waals surface area contributed by atoms with E-state index in [1.165, 1.54) is 111 Å². The molecule has 3 nitrogen and oxygen atoms in total. The van der Waals surface area contributed by atoms with Gasteiger partial charge in [0, 0.05) is 12.0 Å². The van der Waals surface area contributed by atoms with Gasteiger partial charge in [-0.25, -0.2) is 0 Å². The molecule has 2 unspecified atom stereocenters. The number of hydrogen-bond acceptors (Lipinski definition) is 3. The van der Waals surface area contributed by atoms with Crippen molar-refractivity contribution in [3.8, 4) is 11.1 Å². The van der Waals surface area contributed by atoms with Crippen LogP contribution >= 0.6 is 0 Å². The predicted molar refractivity (Wildman–Crippen MR) is 160 cm³/mol. The molecule has 202 valence electrons. The minimum atomic E-state index is -0.219. The number of unbranched alkanes of at least 4 members (excludes halogenated alkanes) is 6. The summed E-state index contributed by atoms with van der Waals surface area (Å²) in [4.78, 5) is 0. The van der Waals surface area contributed by atoms with Crippen LogP contribution in [-0.2, 0) is 19.4 Å². The smallest absolute Gasteiger partial charge is 0.430 e. The highest BCUT2D eigenvalue weighted by Gasteiger charge is 2.47. The summed E-state index contributed by atoms with van der Waals surface area (Å²) >= 11 is 0. The molecule has 2 heterocycles. The van der Waals surface area contributed by atoms with Crippen molar-refractivity contribution in [3.63, 3.8) is 0 Å². The number of hydrogen-bond donors (Lipinski definition) is 0. The zero-order valence-electron chi connectivity index (χ0n) is 23.8. The molecule has 2 aliphatic carbocycles. The summed E-state index contributed by atoms with van der Waals surface area (Å²) in [7, 11) is -0.219. The molecular weight excluding hydrogens is 466 g/mol. The second kappa shape index (κ2) is 11.9. The molecule has 2 aliphatic heterocycles. The molecule has 0 radical (unpaired) electrons. The molecule has 1 saturated carbocycles. The Kier molecular flexibility index (Phi) is 8.35. The van der Waals surface area contributed by atoms with Crippen LogP contribution in [-0.4, -0.2) is 33.9 Å². The molecule has 2 atom stereocenters. The van der Waals surface area contributed by atoms with Crippen molar-refractivity contribution in [2.45, 2.75) is 109 Å². The summed E-state index contributed by atoms with van der Waals surface area (Å²) < 4.78 is 18.4. The van der Waals surface area contributed by atoms with E-state index in [-0.39, 0.29) is 19.4 Å². The zero-order valence-corrected chi connectivity index (χ0v) is 23.8. The fourth-order valence-corrected chi connectivity index (χ4v) is 7.94. The van der Waals surface area contributed by atoms with Gasteiger partial charge in [-0.2, -0.15) is 0 Å². The van der Waals surface area contributed by atoms with Crippen LogP contribution in [0.3, 0.4) is 0 Å². The third-order valence-corrected chi connectivity index (χ3v) is 10.2. The topological polar surface area (TPSA) is 27.7 Å². The van der Waals surface area contributed by atoms with E-state index in [9.17, 15) is 0 Å². The molecule has 5 heteroatoms. The second-order valence-corrected chi connectivity index (χ2v) is 12.5. The fraction of sp³-hybridized carbons (Fsp3) is 0.636. The van der Waals surface area contributed by atoms with E-state index in [0.29, 0.717) is 13.2 Å². The van der Waals surface area contributed by atoms with E-state index >= 15 is 0 Å². The molecule has 2 aromatic rings. The predicted octanol–water partition coefficient (Wildman–Crippen LogP) is 7.03. The Hall–Kier alpha value is -1.55. The van der Waals surface area contributed by atoms with Crippen molar-refractivity contribution in [2.24, 2.45) is 5.92 Å². The van der Waals surface area contributed by atoms with Crippen LogP contribution in [0.4, 0.5) is 0 Å². The lowest BCUT2D eigenvalue weighted by Gasteiger charge is -2.44. The Morgan fingerprint density at radius 1 is 0.684 bits per heavy atom. The van der Waals surface area contributed by atoms with Gasteiger partial charge in [-0.1, -0.05) is 114 Å². The normalized spacial score (nSPS) is 23.2. The summed E-state index contributed by atoms with van der Waals surface area (Å²) in [5, 5.41) is 0. The molecule has 2 aromatic carbocycles. The van der Waals surface area contributed by atoms with Crippen molar-refractivity contribution in [3.05, 3.63) is 47.5 Å². The lowest BCUT2D eigenvalue weighted by atomic mass is 9.40. The van der Waals surface area contributed by atoms with Gasteiger partial charge in [0.2, 0.25) is 0 Å². The Morgan fingerprint density at radius 2 is 1.32 bits per heavy atom. The van der Waals surface area contributed by atoms with E-state index in [0.717, 1.165) is 18.3 Å². The third-order valence-electron chi connectivity index (χ3n) is 10.2. The molecule has 0 aromatic heterocycles. The van der Waals surface area contributed by atoms with Crippen LogP contribution in [0.15, 0.2) is 36.4 Å². The van der Waals surface area contributed by atoms with E-state index in [1.807, 2.05) is 0 Å². The maximum Gasteiger partial charge on any atom is 0.494 e. The maximum atomic E-state index is 6.48. The summed E-state index contributed by atoms with van der Waals surface area (Å²) in [5.41, 5.74) is 8.69. The van der Waals surface area contributed by atoms with Gasteiger partial charge in [0.05, 0.1) is 13.2 Å². The lowest BCUT2D eigenvalue weighted by Crippen LogP contribution is -2.49. The molecule has 6 rings (SSSR count). The minimum Gasteiger partial charge on any atom is -0.430 e. The van der Waals surface area contributed by atoms with E-state index < -0.39 is 0 Å². The largest absolute Gasteiger partial charge is 0.494 e. The van der Waals surface area contributed by atoms with Gasteiger partial charge < -0.3 is 14.0 Å². The number of benzene rings is 2.